The number of halogens is 1. The van der Waals surface area contributed by atoms with Crippen LogP contribution in [0.4, 0.5) is 17.3 Å². The Hall–Kier alpha value is -3.19. The molecule has 0 radical (unpaired) electrons. The molecule has 24 heavy (non-hydrogen) atoms. The molecular formula is C16H12ClN7. The Bertz CT molecular complexity index is 1010. The second-order valence-electron chi connectivity index (χ2n) is 5.05. The van der Waals surface area contributed by atoms with Gasteiger partial charge < -0.3 is 11.1 Å². The molecule has 118 valence electrons. The molecule has 0 aliphatic carbocycles. The van der Waals surface area contributed by atoms with Crippen LogP contribution in [0.15, 0.2) is 55.2 Å². The van der Waals surface area contributed by atoms with Crippen LogP contribution < -0.4 is 11.1 Å². The molecule has 0 atom stereocenters. The van der Waals surface area contributed by atoms with Crippen LogP contribution in [0.25, 0.3) is 16.9 Å². The Morgan fingerprint density at radius 1 is 1.00 bits per heavy atom. The van der Waals surface area contributed by atoms with Crippen molar-refractivity contribution in [2.75, 3.05) is 11.1 Å². The predicted octanol–water partition coefficient (Wildman–Crippen LogP) is 3.19. The van der Waals surface area contributed by atoms with Gasteiger partial charge in [-0.1, -0.05) is 23.7 Å². The van der Waals surface area contributed by atoms with Crippen LogP contribution in [0.1, 0.15) is 0 Å². The zero-order valence-electron chi connectivity index (χ0n) is 12.4. The van der Waals surface area contributed by atoms with E-state index < -0.39 is 0 Å². The Kier molecular flexibility index (Phi) is 3.47. The third-order valence-electron chi connectivity index (χ3n) is 3.52. The molecule has 7 nitrogen and oxygen atoms in total. The highest BCUT2D eigenvalue weighted by atomic mass is 35.5. The first-order chi connectivity index (χ1) is 11.7. The summed E-state index contributed by atoms with van der Waals surface area (Å²) in [7, 11) is 0. The summed E-state index contributed by atoms with van der Waals surface area (Å²) in [5.41, 5.74) is 8.43. The minimum Gasteiger partial charge on any atom is -0.393 e. The van der Waals surface area contributed by atoms with Gasteiger partial charge in [0.1, 0.15) is 24.2 Å². The first-order valence-electron chi connectivity index (χ1n) is 7.14. The zero-order chi connectivity index (χ0) is 16.5. The largest absolute Gasteiger partial charge is 0.393 e. The monoisotopic (exact) mass is 337 g/mol. The second-order valence-corrected chi connectivity index (χ2v) is 5.49. The maximum absolute atomic E-state index is 6.25. The van der Waals surface area contributed by atoms with E-state index in [9.17, 15) is 0 Å². The number of nitrogens with two attached hydrogens (primary N) is 1. The molecule has 4 rings (SSSR count). The lowest BCUT2D eigenvalue weighted by atomic mass is 10.3. The van der Waals surface area contributed by atoms with Gasteiger partial charge in [-0.25, -0.2) is 19.9 Å². The summed E-state index contributed by atoms with van der Waals surface area (Å²) in [6.45, 7) is 0. The number of aromatic nitrogens is 5. The van der Waals surface area contributed by atoms with Gasteiger partial charge in [-0.15, -0.1) is 0 Å². The standard InChI is InChI=1S/C16H12ClN7/c17-10-5-6-13(19-7-10)23-15-14(18)16(21-8-20-15)24-9-22-11-3-1-2-4-12(11)24/h1-9H,18H2,(H,19,20,21,23). The number of benzene rings is 1. The third kappa shape index (κ3) is 2.50. The van der Waals surface area contributed by atoms with Crippen LogP contribution >= 0.6 is 11.6 Å². The quantitative estimate of drug-likeness (QED) is 0.596. The molecule has 3 N–H and O–H groups in total. The SMILES string of the molecule is Nc1c(Nc2ccc(Cl)cn2)ncnc1-n1cnc2ccccc21. The highest BCUT2D eigenvalue weighted by Crippen LogP contribution is 2.26. The molecule has 0 unspecified atom stereocenters. The molecule has 4 aromatic rings. The van der Waals surface area contributed by atoms with Gasteiger partial charge in [0.25, 0.3) is 0 Å². The maximum atomic E-state index is 6.25. The highest BCUT2D eigenvalue weighted by molar-refractivity contribution is 6.30. The first-order valence-corrected chi connectivity index (χ1v) is 7.51. The van der Waals surface area contributed by atoms with Crippen LogP contribution in [-0.2, 0) is 0 Å². The summed E-state index contributed by atoms with van der Waals surface area (Å²) in [4.78, 5) is 17.0. The molecule has 0 aliphatic rings. The number of hydrogen-bond acceptors (Lipinski definition) is 6. The van der Waals surface area contributed by atoms with E-state index in [0.29, 0.717) is 28.2 Å². The minimum atomic E-state index is 0.400. The zero-order valence-corrected chi connectivity index (χ0v) is 13.1. The third-order valence-corrected chi connectivity index (χ3v) is 3.74. The number of para-hydroxylation sites is 2. The summed E-state index contributed by atoms with van der Waals surface area (Å²) in [5, 5.41) is 3.63. The van der Waals surface area contributed by atoms with E-state index in [1.165, 1.54) is 6.33 Å². The lowest BCUT2D eigenvalue weighted by Crippen LogP contribution is -2.07. The van der Waals surface area contributed by atoms with Crippen LogP contribution in [0, 0.1) is 0 Å². The van der Waals surface area contributed by atoms with Crippen molar-refractivity contribution in [3.05, 3.63) is 60.3 Å². The fourth-order valence-electron chi connectivity index (χ4n) is 2.38. The van der Waals surface area contributed by atoms with Crippen molar-refractivity contribution in [2.24, 2.45) is 0 Å². The van der Waals surface area contributed by atoms with Crippen molar-refractivity contribution < 1.29 is 0 Å². The molecule has 0 bridgehead atoms. The summed E-state index contributed by atoms with van der Waals surface area (Å²) >= 11 is 5.84. The van der Waals surface area contributed by atoms with Crippen LogP contribution in [-0.4, -0.2) is 24.5 Å². The van der Waals surface area contributed by atoms with Crippen molar-refractivity contribution in [1.29, 1.82) is 0 Å². The molecule has 0 spiro atoms. The van der Waals surface area contributed by atoms with Crippen LogP contribution in [0.5, 0.6) is 0 Å². The Balaban J connectivity index is 1.77. The van der Waals surface area contributed by atoms with Crippen molar-refractivity contribution >= 4 is 40.0 Å². The number of nitrogen functional groups attached to an aromatic ring is 1. The molecule has 0 aliphatic heterocycles. The molecule has 3 heterocycles. The number of nitrogens with zero attached hydrogens (tertiary/aromatic N) is 5. The van der Waals surface area contributed by atoms with Crippen molar-refractivity contribution in [2.45, 2.75) is 0 Å². The van der Waals surface area contributed by atoms with Gasteiger partial charge in [0.15, 0.2) is 11.6 Å². The molecular weight excluding hydrogens is 326 g/mol. The molecule has 0 saturated heterocycles. The summed E-state index contributed by atoms with van der Waals surface area (Å²) < 4.78 is 1.83. The number of anilines is 3. The topological polar surface area (TPSA) is 94.5 Å². The van der Waals surface area contributed by atoms with Crippen LogP contribution in [0.2, 0.25) is 5.02 Å². The molecule has 3 aromatic heterocycles. The van der Waals surface area contributed by atoms with Crippen molar-refractivity contribution in [1.82, 2.24) is 24.5 Å². The summed E-state index contributed by atoms with van der Waals surface area (Å²) in [6, 6.07) is 11.2. The van der Waals surface area contributed by atoms with E-state index in [0.717, 1.165) is 11.0 Å². The van der Waals surface area contributed by atoms with E-state index in [1.807, 2.05) is 28.8 Å². The summed E-state index contributed by atoms with van der Waals surface area (Å²) in [5.74, 6) is 1.61. The molecule has 8 heteroatoms. The van der Waals surface area contributed by atoms with E-state index in [2.05, 4.69) is 25.3 Å². The fourth-order valence-corrected chi connectivity index (χ4v) is 2.49. The molecule has 0 amide bonds. The molecule has 0 saturated carbocycles. The normalized spacial score (nSPS) is 10.9. The Morgan fingerprint density at radius 2 is 1.88 bits per heavy atom. The molecule has 0 fully saturated rings. The Labute approximate surface area is 142 Å². The van der Waals surface area contributed by atoms with E-state index in [4.69, 9.17) is 17.3 Å². The van der Waals surface area contributed by atoms with Gasteiger partial charge >= 0.3 is 0 Å². The lowest BCUT2D eigenvalue weighted by Gasteiger charge is -2.11. The van der Waals surface area contributed by atoms with Gasteiger partial charge in [0, 0.05) is 6.20 Å². The van der Waals surface area contributed by atoms with Gasteiger partial charge in [0.05, 0.1) is 16.1 Å². The average Bonchev–Trinajstić information content (AvgIpc) is 3.03. The smallest absolute Gasteiger partial charge is 0.167 e. The first kappa shape index (κ1) is 14.4. The van der Waals surface area contributed by atoms with Crippen molar-refractivity contribution in [3.8, 4) is 5.82 Å². The second kappa shape index (κ2) is 5.78. The molecule has 1 aromatic carbocycles. The number of fused-ring (bicyclic) bond motifs is 1. The van der Waals surface area contributed by atoms with E-state index in [-0.39, 0.29) is 0 Å². The maximum Gasteiger partial charge on any atom is 0.167 e. The fraction of sp³-hybridized carbons (Fsp3) is 0. The average molecular weight is 338 g/mol. The van der Waals surface area contributed by atoms with Gasteiger partial charge in [-0.3, -0.25) is 4.57 Å². The number of nitrogens with one attached hydrogen (secondary N) is 1. The van der Waals surface area contributed by atoms with Crippen molar-refractivity contribution in [3.63, 3.8) is 0 Å². The minimum absolute atomic E-state index is 0.400. The lowest BCUT2D eigenvalue weighted by molar-refractivity contribution is 1.00. The number of imidazole rings is 1. The van der Waals surface area contributed by atoms with E-state index in [1.54, 1.807) is 24.7 Å². The van der Waals surface area contributed by atoms with Gasteiger partial charge in [-0.05, 0) is 24.3 Å². The van der Waals surface area contributed by atoms with Gasteiger partial charge in [-0.2, -0.15) is 0 Å². The van der Waals surface area contributed by atoms with Crippen LogP contribution in [0.3, 0.4) is 0 Å². The van der Waals surface area contributed by atoms with Gasteiger partial charge in [0.2, 0.25) is 0 Å². The summed E-state index contributed by atoms with van der Waals surface area (Å²) in [6.07, 6.45) is 4.68. The number of hydrogen-bond donors (Lipinski definition) is 2. The predicted molar refractivity (Wildman–Crippen MR) is 93.6 cm³/mol. The number of pyridine rings is 1. The number of rotatable bonds is 3. The Morgan fingerprint density at radius 3 is 2.71 bits per heavy atom. The van der Waals surface area contributed by atoms with E-state index >= 15 is 0 Å². The highest BCUT2D eigenvalue weighted by Gasteiger charge is 2.13.